The fraction of sp³-hybridized carbons (Fsp3) is 0.765. The average Bonchev–Trinajstić information content (AvgIpc) is 3.01. The Hall–Kier alpha value is -1.45. The number of carbonyl (C=O) groups is 2. The van der Waals surface area contributed by atoms with Crippen LogP contribution in [0.1, 0.15) is 25.7 Å². The topological polar surface area (TPSA) is 109 Å². The van der Waals surface area contributed by atoms with Crippen LogP contribution >= 0.6 is 10.0 Å². The highest BCUT2D eigenvalue weighted by Crippen LogP contribution is 2.60. The molecule has 3 aliphatic heterocycles. The smallest absolute Gasteiger partial charge is 0.319 e. The number of rotatable bonds is 5. The molecule has 0 spiro atoms. The van der Waals surface area contributed by atoms with Crippen molar-refractivity contribution in [1.82, 2.24) is 10.2 Å². The number of primary amides is 1. The summed E-state index contributed by atoms with van der Waals surface area (Å²) >= 11 is 0. The summed E-state index contributed by atoms with van der Waals surface area (Å²) in [4.78, 5) is 25.7. The maximum atomic E-state index is 12.1. The van der Waals surface area contributed by atoms with Crippen LogP contribution in [-0.4, -0.2) is 78.2 Å². The number of carbonyl (C=O) groups excluding carboxylic acids is 2. The molecule has 146 valence electrons. The van der Waals surface area contributed by atoms with Crippen LogP contribution in [-0.2, 0) is 14.3 Å². The maximum absolute atomic E-state index is 12.1. The molecule has 26 heavy (non-hydrogen) atoms. The molecule has 3 heterocycles. The predicted octanol–water partition coefficient (Wildman–Crippen LogP) is 0.269. The predicted molar refractivity (Wildman–Crippen MR) is 105 cm³/mol. The lowest BCUT2D eigenvalue weighted by Gasteiger charge is -2.46. The number of hydrogen-bond donors (Lipinski definition) is 2. The van der Waals surface area contributed by atoms with Crippen LogP contribution in [0.2, 0.25) is 0 Å². The Morgan fingerprint density at radius 3 is 2.46 bits per heavy atom. The third-order valence-electron chi connectivity index (χ3n) is 5.76. The van der Waals surface area contributed by atoms with Gasteiger partial charge in [0.05, 0.1) is 18.7 Å². The minimum absolute atomic E-state index is 0.209. The number of likely N-dealkylation sites (tertiary alicyclic amines) is 1. The van der Waals surface area contributed by atoms with E-state index in [0.29, 0.717) is 22.8 Å². The lowest BCUT2D eigenvalue weighted by Crippen LogP contribution is -2.46. The Kier molecular flexibility index (Phi) is 5.99. The molecule has 0 aliphatic carbocycles. The van der Waals surface area contributed by atoms with Gasteiger partial charge in [-0.3, -0.25) is 14.5 Å². The summed E-state index contributed by atoms with van der Waals surface area (Å²) in [5.41, 5.74) is 5.68. The van der Waals surface area contributed by atoms with Crippen molar-refractivity contribution in [2.24, 2.45) is 21.9 Å². The molecule has 0 aromatic carbocycles. The third kappa shape index (κ3) is 3.65. The Morgan fingerprint density at radius 1 is 1.23 bits per heavy atom. The molecule has 9 heteroatoms. The van der Waals surface area contributed by atoms with Crippen LogP contribution in [0.15, 0.2) is 10.2 Å². The van der Waals surface area contributed by atoms with Gasteiger partial charge in [0.1, 0.15) is 0 Å². The number of methoxy groups -OCH3 is 1. The van der Waals surface area contributed by atoms with E-state index in [4.69, 9.17) is 10.5 Å². The zero-order chi connectivity index (χ0) is 18.7. The van der Waals surface area contributed by atoms with Gasteiger partial charge in [0, 0.05) is 11.2 Å². The van der Waals surface area contributed by atoms with Crippen LogP contribution < -0.4 is 11.1 Å². The van der Waals surface area contributed by atoms with Crippen LogP contribution in [0.4, 0.5) is 0 Å². The fourth-order valence-electron chi connectivity index (χ4n) is 4.23. The van der Waals surface area contributed by atoms with Crippen molar-refractivity contribution in [3.63, 3.8) is 0 Å². The number of hydrogen-bond acceptors (Lipinski definition) is 7. The molecule has 1 amide bonds. The molecule has 3 rings (SSSR count). The van der Waals surface area contributed by atoms with Crippen LogP contribution in [0.25, 0.3) is 0 Å². The summed E-state index contributed by atoms with van der Waals surface area (Å²) in [6.07, 6.45) is 6.07. The van der Waals surface area contributed by atoms with Gasteiger partial charge >= 0.3 is 5.97 Å². The molecular weight excluding hydrogens is 354 g/mol. The number of nitrogens with two attached hydrogens (primary N) is 1. The zero-order valence-electron chi connectivity index (χ0n) is 15.6. The summed E-state index contributed by atoms with van der Waals surface area (Å²) < 4.78 is 4.76. The van der Waals surface area contributed by atoms with Crippen molar-refractivity contribution in [1.29, 1.82) is 0 Å². The van der Waals surface area contributed by atoms with E-state index in [1.54, 1.807) is 0 Å². The van der Waals surface area contributed by atoms with Crippen molar-refractivity contribution in [2.45, 2.75) is 30.9 Å². The minimum atomic E-state index is -1.59. The molecule has 0 aromatic rings. The zero-order valence-corrected chi connectivity index (χ0v) is 16.4. The number of amides is 1. The van der Waals surface area contributed by atoms with Crippen molar-refractivity contribution in [3.05, 3.63) is 0 Å². The van der Waals surface area contributed by atoms with Gasteiger partial charge in [-0.2, -0.15) is 0 Å². The summed E-state index contributed by atoms with van der Waals surface area (Å²) in [7, 11) is -0.176. The van der Waals surface area contributed by atoms with Crippen molar-refractivity contribution in [3.8, 4) is 0 Å². The number of piperidine rings is 2. The lowest BCUT2D eigenvalue weighted by molar-refractivity contribution is -0.142. The first kappa shape index (κ1) is 19.3. The highest BCUT2D eigenvalue weighted by atomic mass is 32.3. The van der Waals surface area contributed by atoms with E-state index in [1.807, 2.05) is 0 Å². The Bertz CT molecular complexity index is 624. The van der Waals surface area contributed by atoms with Crippen molar-refractivity contribution in [2.75, 3.05) is 46.1 Å². The largest absolute Gasteiger partial charge is 0.468 e. The van der Waals surface area contributed by atoms with Gasteiger partial charge in [0.2, 0.25) is 0 Å². The third-order valence-corrected chi connectivity index (χ3v) is 9.93. The van der Waals surface area contributed by atoms with E-state index >= 15 is 0 Å². The van der Waals surface area contributed by atoms with Crippen LogP contribution in [0.5, 0.6) is 0 Å². The molecule has 2 saturated heterocycles. The molecule has 1 atom stereocenters. The molecule has 2 fully saturated rings. The molecule has 0 radical (unpaired) electrons. The number of esters is 1. The lowest BCUT2D eigenvalue weighted by atomic mass is 9.99. The van der Waals surface area contributed by atoms with E-state index in [1.165, 1.54) is 7.11 Å². The molecule has 3 aliphatic rings. The minimum Gasteiger partial charge on any atom is -0.468 e. The summed E-state index contributed by atoms with van der Waals surface area (Å²) in [6.45, 7) is 3.90. The number of ether oxygens (including phenoxy) is 1. The second-order valence-corrected chi connectivity index (χ2v) is 10.7. The first-order chi connectivity index (χ1) is 12.5. The highest BCUT2D eigenvalue weighted by molar-refractivity contribution is 8.57. The van der Waals surface area contributed by atoms with Crippen LogP contribution in [0, 0.1) is 5.92 Å². The van der Waals surface area contributed by atoms with Gasteiger partial charge in [-0.1, -0.05) is 0 Å². The van der Waals surface area contributed by atoms with Gasteiger partial charge in [-0.25, -0.2) is 0 Å². The normalized spacial score (nSPS) is 31.0. The van der Waals surface area contributed by atoms with E-state index < -0.39 is 15.9 Å². The number of nitrogens with one attached hydrogen (secondary N) is 1. The molecule has 0 bridgehead atoms. The van der Waals surface area contributed by atoms with E-state index in [9.17, 15) is 9.59 Å². The van der Waals surface area contributed by atoms with Gasteiger partial charge in [0.25, 0.3) is 5.91 Å². The second-order valence-electron chi connectivity index (χ2n) is 7.27. The fourth-order valence-corrected chi connectivity index (χ4v) is 8.01. The monoisotopic (exact) mass is 383 g/mol. The second kappa shape index (κ2) is 8.06. The van der Waals surface area contributed by atoms with Crippen molar-refractivity contribution >= 4 is 32.0 Å². The van der Waals surface area contributed by atoms with Gasteiger partial charge in [-0.05, 0) is 58.1 Å². The highest BCUT2D eigenvalue weighted by Gasteiger charge is 2.47. The first-order valence-corrected chi connectivity index (χ1v) is 11.3. The summed E-state index contributed by atoms with van der Waals surface area (Å²) in [5.74, 6) is -0.267. The Balaban J connectivity index is 1.75. The van der Waals surface area contributed by atoms with E-state index in [2.05, 4.69) is 26.7 Å². The standard InChI is InChI=1S/C17H29N5O3S/c1-25-14(23)11-22-9-5-13(6-10-22)26(2)16(12-3-7-19-8-4-12)20-21-17(26)15(18)24/h12-13,19H,3-11H2,1-2H3,(H2,18,24). The van der Waals surface area contributed by atoms with Crippen LogP contribution in [0.3, 0.4) is 0 Å². The molecule has 8 nitrogen and oxygen atoms in total. The van der Waals surface area contributed by atoms with Gasteiger partial charge < -0.3 is 15.8 Å². The summed E-state index contributed by atoms with van der Waals surface area (Å²) in [6, 6.07) is 0. The number of nitrogens with zero attached hydrogens (tertiary/aromatic N) is 3. The molecule has 0 aromatic heterocycles. The van der Waals surface area contributed by atoms with E-state index in [0.717, 1.165) is 56.9 Å². The van der Waals surface area contributed by atoms with Gasteiger partial charge in [-0.15, -0.1) is 20.2 Å². The SMILES string of the molecule is COC(=O)CN1CCC(S2(C)C(C(N)=O)=NN=C2C2CCNCC2)CC1. The molecule has 1 unspecified atom stereocenters. The Labute approximate surface area is 155 Å². The summed E-state index contributed by atoms with van der Waals surface area (Å²) in [5, 5.41) is 14.1. The molecule has 0 saturated carbocycles. The van der Waals surface area contributed by atoms with Crippen molar-refractivity contribution < 1.29 is 14.3 Å². The molecular formula is C17H29N5O3S. The van der Waals surface area contributed by atoms with Gasteiger partial charge in [0.15, 0.2) is 5.04 Å². The average molecular weight is 384 g/mol. The Morgan fingerprint density at radius 2 is 1.88 bits per heavy atom. The first-order valence-electron chi connectivity index (χ1n) is 9.19. The molecule has 3 N–H and O–H groups in total. The maximum Gasteiger partial charge on any atom is 0.319 e. The quantitative estimate of drug-likeness (QED) is 0.662. The van der Waals surface area contributed by atoms with E-state index in [-0.39, 0.29) is 5.97 Å².